The summed E-state index contributed by atoms with van der Waals surface area (Å²) in [6.45, 7) is 12.9. The topological polar surface area (TPSA) is 54.2 Å². The van der Waals surface area contributed by atoms with Crippen molar-refractivity contribution in [2.24, 2.45) is 5.73 Å². The number of pyridine rings is 1. The van der Waals surface area contributed by atoms with Gasteiger partial charge in [-0.25, -0.2) is 9.37 Å². The fourth-order valence-corrected chi connectivity index (χ4v) is 3.19. The number of anilines is 2. The molecule has 34 heavy (non-hydrogen) atoms. The molecule has 1 heterocycles. The van der Waals surface area contributed by atoms with Gasteiger partial charge in [-0.2, -0.15) is 0 Å². The van der Waals surface area contributed by atoms with E-state index in [2.05, 4.69) is 78.9 Å². The maximum atomic E-state index is 12.8. The zero-order valence-corrected chi connectivity index (χ0v) is 21.2. The molecule has 0 aliphatic heterocycles. The van der Waals surface area contributed by atoms with Gasteiger partial charge in [-0.15, -0.1) is 0 Å². The van der Waals surface area contributed by atoms with Gasteiger partial charge in [0.25, 0.3) is 0 Å². The summed E-state index contributed by atoms with van der Waals surface area (Å²) in [6.07, 6.45) is 7.15. The molecule has 3 aromatic rings. The van der Waals surface area contributed by atoms with Crippen molar-refractivity contribution >= 4 is 17.6 Å². The molecule has 0 saturated carbocycles. The first-order valence-corrected chi connectivity index (χ1v) is 12.1. The molecule has 0 bridgehead atoms. The number of rotatable bonds is 9. The lowest BCUT2D eigenvalue weighted by Crippen LogP contribution is -2.25. The summed E-state index contributed by atoms with van der Waals surface area (Å²) < 4.78 is 12.8. The van der Waals surface area contributed by atoms with Crippen LogP contribution in [0, 0.1) is 5.82 Å². The van der Waals surface area contributed by atoms with Crippen LogP contribution in [0.5, 0.6) is 0 Å². The zero-order valence-electron chi connectivity index (χ0n) is 21.2. The van der Waals surface area contributed by atoms with Crippen molar-refractivity contribution in [2.45, 2.75) is 46.6 Å². The molecule has 0 radical (unpaired) electrons. The number of aryl methyl sites for hydroxylation is 1. The summed E-state index contributed by atoms with van der Waals surface area (Å²) in [5.74, 6) is 0.828. The van der Waals surface area contributed by atoms with Gasteiger partial charge in [0.05, 0.1) is 5.69 Å². The monoisotopic (exact) mass is 464 g/mol. The largest absolute Gasteiger partial charge is 0.386 e. The van der Waals surface area contributed by atoms with Crippen LogP contribution in [0.15, 0.2) is 73.4 Å². The van der Waals surface area contributed by atoms with E-state index < -0.39 is 0 Å². The highest BCUT2D eigenvalue weighted by Crippen LogP contribution is 2.15. The first-order chi connectivity index (χ1) is 16.5. The van der Waals surface area contributed by atoms with Gasteiger partial charge in [-0.05, 0) is 60.2 Å². The van der Waals surface area contributed by atoms with Gasteiger partial charge in [0.2, 0.25) is 0 Å². The summed E-state index contributed by atoms with van der Waals surface area (Å²) in [6, 6.07) is 19.4. The SMILES string of the molecule is C=Cc1ccc(N(CCC)CCC)nc1.CCc1ccccc1.CNc1cc(CN)ccc1F. The Kier molecular flexibility index (Phi) is 14.7. The van der Waals surface area contributed by atoms with Crippen molar-refractivity contribution in [2.75, 3.05) is 30.4 Å². The van der Waals surface area contributed by atoms with Crippen LogP contribution in [0.25, 0.3) is 6.08 Å². The predicted octanol–water partition coefficient (Wildman–Crippen LogP) is 6.93. The lowest BCUT2D eigenvalue weighted by atomic mass is 10.2. The molecule has 4 nitrogen and oxygen atoms in total. The van der Waals surface area contributed by atoms with Gasteiger partial charge >= 0.3 is 0 Å². The number of nitrogens with two attached hydrogens (primary N) is 1. The second-order valence-corrected chi connectivity index (χ2v) is 7.75. The fourth-order valence-electron chi connectivity index (χ4n) is 3.19. The maximum absolute atomic E-state index is 12.8. The number of benzene rings is 2. The molecule has 3 N–H and O–H groups in total. The van der Waals surface area contributed by atoms with E-state index in [0.29, 0.717) is 12.2 Å². The summed E-state index contributed by atoms with van der Waals surface area (Å²) in [7, 11) is 1.68. The van der Waals surface area contributed by atoms with Crippen LogP contribution in [-0.4, -0.2) is 25.1 Å². The fraction of sp³-hybridized carbons (Fsp3) is 0.345. The van der Waals surface area contributed by atoms with E-state index in [-0.39, 0.29) is 5.82 Å². The summed E-state index contributed by atoms with van der Waals surface area (Å²) in [5, 5.41) is 2.74. The van der Waals surface area contributed by atoms with Gasteiger partial charge in [0.15, 0.2) is 0 Å². The van der Waals surface area contributed by atoms with E-state index in [4.69, 9.17) is 5.73 Å². The Labute approximate surface area is 205 Å². The average Bonchev–Trinajstić information content (AvgIpc) is 2.90. The van der Waals surface area contributed by atoms with Crippen molar-refractivity contribution in [3.05, 3.63) is 95.9 Å². The molecule has 5 heteroatoms. The lowest BCUT2D eigenvalue weighted by Gasteiger charge is -2.22. The minimum Gasteiger partial charge on any atom is -0.386 e. The molecule has 0 aliphatic carbocycles. The Hall–Kier alpha value is -3.18. The summed E-state index contributed by atoms with van der Waals surface area (Å²) in [5.41, 5.74) is 9.28. The highest BCUT2D eigenvalue weighted by Gasteiger charge is 2.04. The molecule has 184 valence electrons. The minimum absolute atomic E-state index is 0.246. The molecule has 2 aromatic carbocycles. The summed E-state index contributed by atoms with van der Waals surface area (Å²) in [4.78, 5) is 6.77. The van der Waals surface area contributed by atoms with Crippen molar-refractivity contribution < 1.29 is 4.39 Å². The molecule has 0 spiro atoms. The minimum atomic E-state index is -0.246. The molecule has 0 amide bonds. The molecular weight excluding hydrogens is 423 g/mol. The van der Waals surface area contributed by atoms with Gasteiger partial charge in [-0.1, -0.05) is 69.8 Å². The second kappa shape index (κ2) is 17.3. The van der Waals surface area contributed by atoms with Gasteiger partial charge < -0.3 is 16.0 Å². The van der Waals surface area contributed by atoms with Crippen molar-refractivity contribution in [1.29, 1.82) is 0 Å². The number of halogens is 1. The molecule has 0 aliphatic rings. The summed E-state index contributed by atoms with van der Waals surface area (Å²) >= 11 is 0. The Bertz CT molecular complexity index is 921. The van der Waals surface area contributed by atoms with Crippen LogP contribution in [-0.2, 0) is 13.0 Å². The van der Waals surface area contributed by atoms with Gasteiger partial charge in [0.1, 0.15) is 11.6 Å². The third kappa shape index (κ3) is 10.6. The first-order valence-electron chi connectivity index (χ1n) is 12.1. The number of nitrogens with zero attached hydrogens (tertiary/aromatic N) is 2. The van der Waals surface area contributed by atoms with Crippen LogP contribution in [0.2, 0.25) is 0 Å². The molecule has 0 saturated heterocycles. The molecule has 0 unspecified atom stereocenters. The molecule has 0 atom stereocenters. The number of hydrogen-bond donors (Lipinski definition) is 2. The van der Waals surface area contributed by atoms with E-state index in [1.165, 1.54) is 11.6 Å². The highest BCUT2D eigenvalue weighted by atomic mass is 19.1. The molecule has 3 rings (SSSR count). The maximum Gasteiger partial charge on any atom is 0.146 e. The third-order valence-corrected chi connectivity index (χ3v) is 5.10. The number of nitrogens with one attached hydrogen (secondary N) is 1. The average molecular weight is 465 g/mol. The molecule has 1 aromatic heterocycles. The van der Waals surface area contributed by atoms with Gasteiger partial charge in [0, 0.05) is 32.9 Å². The van der Waals surface area contributed by atoms with E-state index in [9.17, 15) is 4.39 Å². The van der Waals surface area contributed by atoms with E-state index in [1.54, 1.807) is 19.2 Å². The van der Waals surface area contributed by atoms with Crippen molar-refractivity contribution in [1.82, 2.24) is 4.98 Å². The van der Waals surface area contributed by atoms with Gasteiger partial charge in [-0.3, -0.25) is 0 Å². The quantitative estimate of drug-likeness (QED) is 0.361. The van der Waals surface area contributed by atoms with Crippen LogP contribution in [0.3, 0.4) is 0 Å². The second-order valence-electron chi connectivity index (χ2n) is 7.75. The highest BCUT2D eigenvalue weighted by molar-refractivity contribution is 5.49. The Morgan fingerprint density at radius 3 is 2.09 bits per heavy atom. The standard InChI is InChI=1S/C13H20N2.C8H11FN2.C8H10/c1-4-9-15(10-5-2)13-8-7-12(6-3)11-14-13;1-11-8-4-6(5-10)2-3-7(8)9;1-2-8-6-4-3-5-7-8/h6-8,11H,3-5,9-10H2,1-2H3;2-4,11H,5,10H2,1H3;3-7H,2H2,1H3. The van der Waals surface area contributed by atoms with Crippen molar-refractivity contribution in [3.8, 4) is 0 Å². The number of hydrogen-bond acceptors (Lipinski definition) is 4. The van der Waals surface area contributed by atoms with Crippen molar-refractivity contribution in [3.63, 3.8) is 0 Å². The van der Waals surface area contributed by atoms with E-state index in [1.807, 2.05) is 18.3 Å². The van der Waals surface area contributed by atoms with Crippen LogP contribution < -0.4 is 16.0 Å². The Morgan fingerprint density at radius 2 is 1.65 bits per heavy atom. The first kappa shape index (κ1) is 28.9. The zero-order chi connectivity index (χ0) is 25.2. The Balaban J connectivity index is 0.000000268. The number of aromatic nitrogens is 1. The van der Waals surface area contributed by atoms with Crippen LogP contribution >= 0.6 is 0 Å². The van der Waals surface area contributed by atoms with E-state index >= 15 is 0 Å². The normalized spacial score (nSPS) is 9.71. The Morgan fingerprint density at radius 1 is 0.971 bits per heavy atom. The molecule has 0 fully saturated rings. The third-order valence-electron chi connectivity index (χ3n) is 5.10. The van der Waals surface area contributed by atoms with E-state index in [0.717, 1.165) is 49.3 Å². The van der Waals surface area contributed by atoms with Crippen LogP contribution in [0.4, 0.5) is 15.9 Å². The predicted molar refractivity (Wildman–Crippen MR) is 147 cm³/mol. The smallest absolute Gasteiger partial charge is 0.146 e. The lowest BCUT2D eigenvalue weighted by molar-refractivity contribution is 0.630. The molecular formula is C29H41FN4. The van der Waals surface area contributed by atoms with Crippen LogP contribution in [0.1, 0.15) is 50.3 Å².